The van der Waals surface area contributed by atoms with Gasteiger partial charge in [0.2, 0.25) is 5.78 Å². The predicted octanol–water partition coefficient (Wildman–Crippen LogP) is 3.37. The second-order valence-electron chi connectivity index (χ2n) is 7.19. The molecule has 1 fully saturated rings. The third-order valence-corrected chi connectivity index (χ3v) is 6.03. The van der Waals surface area contributed by atoms with Crippen molar-refractivity contribution in [3.8, 4) is 0 Å². The Labute approximate surface area is 168 Å². The molecule has 27 heavy (non-hydrogen) atoms. The fourth-order valence-electron chi connectivity index (χ4n) is 3.73. The number of rotatable bonds is 4. The Bertz CT molecular complexity index is 990. The zero-order chi connectivity index (χ0) is 19.0. The first-order valence-electron chi connectivity index (χ1n) is 9.16. The maximum absolute atomic E-state index is 12.8. The molecule has 0 bridgehead atoms. The minimum Gasteiger partial charge on any atom is -0.360 e. The largest absolute Gasteiger partial charge is 0.360 e. The highest BCUT2D eigenvalue weighted by Gasteiger charge is 2.24. The van der Waals surface area contributed by atoms with Gasteiger partial charge in [-0.05, 0) is 37.3 Å². The molecule has 1 aliphatic heterocycles. The molecular formula is C21H22Cl2N3O+. The third-order valence-electron chi connectivity index (χ3n) is 5.29. The summed E-state index contributed by atoms with van der Waals surface area (Å²) in [5.41, 5.74) is 4.07. The van der Waals surface area contributed by atoms with Crippen LogP contribution in [0.1, 0.15) is 15.9 Å². The average Bonchev–Trinajstić information content (AvgIpc) is 3.08. The van der Waals surface area contributed by atoms with E-state index in [1.807, 2.05) is 37.4 Å². The normalized spacial score (nSPS) is 15.4. The molecule has 4 rings (SSSR count). The molecule has 0 atom stereocenters. The number of nitrogens with one attached hydrogen (secondary N) is 2. The number of aryl methyl sites for hydroxylation is 1. The second-order valence-corrected chi connectivity index (χ2v) is 8.00. The highest BCUT2D eigenvalue weighted by molar-refractivity contribution is 6.42. The van der Waals surface area contributed by atoms with Crippen molar-refractivity contribution in [1.29, 1.82) is 0 Å². The van der Waals surface area contributed by atoms with Crippen LogP contribution in [0.25, 0.3) is 10.9 Å². The van der Waals surface area contributed by atoms with E-state index in [0.29, 0.717) is 16.6 Å². The van der Waals surface area contributed by atoms with Gasteiger partial charge in [0.25, 0.3) is 0 Å². The van der Waals surface area contributed by atoms with Crippen molar-refractivity contribution >= 4 is 45.6 Å². The molecule has 140 valence electrons. The van der Waals surface area contributed by atoms with E-state index in [1.54, 1.807) is 0 Å². The molecule has 0 radical (unpaired) electrons. The lowest BCUT2D eigenvalue weighted by molar-refractivity contribution is -0.892. The zero-order valence-corrected chi connectivity index (χ0v) is 16.7. The molecule has 0 aliphatic carbocycles. The van der Waals surface area contributed by atoms with Crippen LogP contribution < -0.4 is 9.80 Å². The monoisotopic (exact) mass is 402 g/mol. The summed E-state index contributed by atoms with van der Waals surface area (Å²) < 4.78 is 0. The zero-order valence-electron chi connectivity index (χ0n) is 15.2. The predicted molar refractivity (Wildman–Crippen MR) is 112 cm³/mol. The molecule has 1 aromatic heterocycles. The van der Waals surface area contributed by atoms with Crippen molar-refractivity contribution < 1.29 is 9.69 Å². The van der Waals surface area contributed by atoms with Crippen molar-refractivity contribution in [1.82, 2.24) is 4.98 Å². The molecule has 0 unspecified atom stereocenters. The number of aromatic nitrogens is 1. The Morgan fingerprint density at radius 2 is 1.89 bits per heavy atom. The minimum absolute atomic E-state index is 0.199. The van der Waals surface area contributed by atoms with E-state index in [1.165, 1.54) is 10.5 Å². The number of halogens is 2. The molecule has 4 nitrogen and oxygen atoms in total. The number of carbonyl (C=O) groups excluding carboxylic acids is 1. The van der Waals surface area contributed by atoms with E-state index in [4.69, 9.17) is 23.2 Å². The Balaban J connectivity index is 1.40. The molecule has 3 aromatic rings. The van der Waals surface area contributed by atoms with Crippen molar-refractivity contribution in [2.24, 2.45) is 0 Å². The molecule has 2 N–H and O–H groups in total. The number of piperazine rings is 1. The number of benzene rings is 2. The molecule has 2 heterocycles. The minimum atomic E-state index is 0.199. The van der Waals surface area contributed by atoms with Crippen LogP contribution in [0.2, 0.25) is 10.0 Å². The average molecular weight is 403 g/mol. The van der Waals surface area contributed by atoms with E-state index >= 15 is 0 Å². The molecule has 2 aromatic carbocycles. The maximum atomic E-state index is 12.8. The summed E-state index contributed by atoms with van der Waals surface area (Å²) in [4.78, 5) is 19.7. The van der Waals surface area contributed by atoms with Gasteiger partial charge in [0.05, 0.1) is 36.2 Å². The number of aromatic amines is 1. The fourth-order valence-corrected chi connectivity index (χ4v) is 4.02. The van der Waals surface area contributed by atoms with Crippen LogP contribution in [-0.4, -0.2) is 43.5 Å². The first-order valence-corrected chi connectivity index (χ1v) is 9.91. The number of carbonyl (C=O) groups is 1. The molecule has 6 heteroatoms. The molecule has 1 saturated heterocycles. The Hall–Kier alpha value is -2.01. The Kier molecular flexibility index (Phi) is 5.13. The summed E-state index contributed by atoms with van der Waals surface area (Å²) in [6.45, 7) is 6.21. The Morgan fingerprint density at radius 3 is 2.63 bits per heavy atom. The number of hydrogen-bond donors (Lipinski definition) is 2. The lowest BCUT2D eigenvalue weighted by Gasteiger charge is -2.33. The molecule has 0 amide bonds. The van der Waals surface area contributed by atoms with Gasteiger partial charge in [-0.1, -0.05) is 34.8 Å². The van der Waals surface area contributed by atoms with Gasteiger partial charge < -0.3 is 14.8 Å². The first kappa shape index (κ1) is 18.4. The van der Waals surface area contributed by atoms with Crippen LogP contribution in [-0.2, 0) is 0 Å². The standard InChI is InChI=1S/C21H21Cl2N3O/c1-14-2-5-20-16(10-14)17(12-24-20)21(27)13-25-6-8-26(9-7-25)15-3-4-18(22)19(23)11-15/h2-5,10-12,24H,6-9,13H2,1H3/p+1. The van der Waals surface area contributed by atoms with Gasteiger partial charge in [0.1, 0.15) is 6.54 Å². The van der Waals surface area contributed by atoms with Gasteiger partial charge in [-0.15, -0.1) is 0 Å². The quantitative estimate of drug-likeness (QED) is 0.656. The number of ketones is 1. The third kappa shape index (κ3) is 3.84. The van der Waals surface area contributed by atoms with Gasteiger partial charge in [-0.25, -0.2) is 0 Å². The van der Waals surface area contributed by atoms with Crippen molar-refractivity contribution in [2.75, 3.05) is 37.6 Å². The molecule has 1 aliphatic rings. The highest BCUT2D eigenvalue weighted by Crippen LogP contribution is 2.27. The summed E-state index contributed by atoms with van der Waals surface area (Å²) in [5.74, 6) is 0.199. The van der Waals surface area contributed by atoms with Gasteiger partial charge >= 0.3 is 0 Å². The Morgan fingerprint density at radius 1 is 1.11 bits per heavy atom. The maximum Gasteiger partial charge on any atom is 0.219 e. The van der Waals surface area contributed by atoms with E-state index in [2.05, 4.69) is 22.0 Å². The van der Waals surface area contributed by atoms with Gasteiger partial charge in [0.15, 0.2) is 0 Å². The SMILES string of the molecule is Cc1ccc2[nH]cc(C(=O)C[NH+]3CCN(c4ccc(Cl)c(Cl)c4)CC3)c2c1. The summed E-state index contributed by atoms with van der Waals surface area (Å²) in [6.07, 6.45) is 1.85. The smallest absolute Gasteiger partial charge is 0.219 e. The van der Waals surface area contributed by atoms with Crippen LogP contribution in [0.4, 0.5) is 5.69 Å². The highest BCUT2D eigenvalue weighted by atomic mass is 35.5. The number of anilines is 1. The number of hydrogen-bond acceptors (Lipinski definition) is 2. The number of nitrogens with zero attached hydrogens (tertiary/aromatic N) is 1. The summed E-state index contributed by atoms with van der Waals surface area (Å²) >= 11 is 12.1. The number of quaternary nitrogens is 1. The van der Waals surface area contributed by atoms with Crippen LogP contribution in [0.15, 0.2) is 42.6 Å². The van der Waals surface area contributed by atoms with Gasteiger partial charge in [-0.3, -0.25) is 4.79 Å². The summed E-state index contributed by atoms with van der Waals surface area (Å²) in [7, 11) is 0. The molecular weight excluding hydrogens is 381 g/mol. The fraction of sp³-hybridized carbons (Fsp3) is 0.286. The van der Waals surface area contributed by atoms with E-state index in [-0.39, 0.29) is 5.78 Å². The van der Waals surface area contributed by atoms with Gasteiger partial charge in [-0.2, -0.15) is 0 Å². The van der Waals surface area contributed by atoms with Crippen LogP contribution >= 0.6 is 23.2 Å². The number of H-pyrrole nitrogens is 1. The van der Waals surface area contributed by atoms with Crippen LogP contribution in [0.5, 0.6) is 0 Å². The van der Waals surface area contributed by atoms with Crippen molar-refractivity contribution in [2.45, 2.75) is 6.92 Å². The number of Topliss-reactive ketones (excluding diaryl/α,β-unsaturated/α-hetero) is 1. The van der Waals surface area contributed by atoms with E-state index < -0.39 is 0 Å². The van der Waals surface area contributed by atoms with Crippen LogP contribution in [0.3, 0.4) is 0 Å². The van der Waals surface area contributed by atoms with Crippen molar-refractivity contribution in [3.05, 3.63) is 63.8 Å². The van der Waals surface area contributed by atoms with E-state index in [9.17, 15) is 4.79 Å². The first-order chi connectivity index (χ1) is 13.0. The lowest BCUT2D eigenvalue weighted by Crippen LogP contribution is -3.15. The topological polar surface area (TPSA) is 40.5 Å². The van der Waals surface area contributed by atoms with Crippen molar-refractivity contribution in [3.63, 3.8) is 0 Å². The lowest BCUT2D eigenvalue weighted by atomic mass is 10.1. The second kappa shape index (κ2) is 7.55. The molecule has 0 spiro atoms. The summed E-state index contributed by atoms with van der Waals surface area (Å²) in [5, 5.41) is 2.17. The molecule has 0 saturated carbocycles. The number of fused-ring (bicyclic) bond motifs is 1. The summed E-state index contributed by atoms with van der Waals surface area (Å²) in [6, 6.07) is 11.9. The van der Waals surface area contributed by atoms with Crippen LogP contribution in [0, 0.1) is 6.92 Å². The van der Waals surface area contributed by atoms with Gasteiger partial charge in [0, 0.05) is 28.4 Å². The van der Waals surface area contributed by atoms with E-state index in [0.717, 1.165) is 48.3 Å².